The van der Waals surface area contributed by atoms with Crippen LogP contribution in [-0.4, -0.2) is 28.7 Å². The third kappa shape index (κ3) is 1.52. The lowest BCUT2D eigenvalue weighted by Gasteiger charge is -2.48. The van der Waals surface area contributed by atoms with Gasteiger partial charge in [0.25, 0.3) is 0 Å². The Labute approximate surface area is 124 Å². The first-order valence-electron chi connectivity index (χ1n) is 7.40. The maximum Gasteiger partial charge on any atom is 0.165 e. The minimum absolute atomic E-state index is 0.0103. The number of hydrogen-bond acceptors (Lipinski definition) is 3. The number of likely N-dealkylation sites (N-methyl/N-ethyl adjacent to an activating group) is 1. The molecule has 1 heterocycles. The van der Waals surface area contributed by atoms with Gasteiger partial charge in [-0.05, 0) is 55.1 Å². The van der Waals surface area contributed by atoms with E-state index in [9.17, 15) is 10.2 Å². The molecule has 0 saturated carbocycles. The Kier molecular flexibility index (Phi) is 2.43. The molecule has 4 rings (SSSR count). The molecule has 108 valence electrons. The summed E-state index contributed by atoms with van der Waals surface area (Å²) in [7, 11) is 2.17. The van der Waals surface area contributed by atoms with Gasteiger partial charge in [-0.25, -0.2) is 0 Å². The second kappa shape index (κ2) is 4.01. The Balaban J connectivity index is 2.10. The van der Waals surface area contributed by atoms with Crippen LogP contribution in [0.5, 0.6) is 11.5 Å². The number of phenols is 2. The van der Waals surface area contributed by atoms with Gasteiger partial charge in [-0.15, -0.1) is 0 Å². The Hall–Kier alpha value is -2.00. The number of nitrogens with zero attached hydrogens (tertiary/aromatic N) is 1. The van der Waals surface area contributed by atoms with E-state index in [0.29, 0.717) is 0 Å². The second-order valence-electron chi connectivity index (χ2n) is 6.43. The van der Waals surface area contributed by atoms with Crippen molar-refractivity contribution in [3.05, 3.63) is 47.0 Å². The Bertz CT molecular complexity index is 753. The van der Waals surface area contributed by atoms with Gasteiger partial charge in [-0.1, -0.05) is 24.3 Å². The lowest BCUT2D eigenvalue weighted by Crippen LogP contribution is -2.49. The van der Waals surface area contributed by atoms with Gasteiger partial charge in [0.05, 0.1) is 0 Å². The van der Waals surface area contributed by atoms with Crippen molar-refractivity contribution in [1.82, 2.24) is 4.90 Å². The van der Waals surface area contributed by atoms with E-state index in [4.69, 9.17) is 0 Å². The highest BCUT2D eigenvalue weighted by Gasteiger charge is 2.42. The summed E-state index contributed by atoms with van der Waals surface area (Å²) in [4.78, 5) is 2.41. The molecule has 3 nitrogen and oxygen atoms in total. The number of hydrogen-bond donors (Lipinski definition) is 2. The predicted molar refractivity (Wildman–Crippen MR) is 82.6 cm³/mol. The van der Waals surface area contributed by atoms with Crippen LogP contribution >= 0.6 is 0 Å². The number of fused-ring (bicyclic) bond motifs is 2. The molecule has 0 aromatic heterocycles. The van der Waals surface area contributed by atoms with Crippen LogP contribution in [0.15, 0.2) is 30.3 Å². The summed E-state index contributed by atoms with van der Waals surface area (Å²) >= 11 is 0. The SMILES string of the molecule is CN1CCc2cccc3c2C1(C)Cc1ccc(O)c(O)c1-3. The van der Waals surface area contributed by atoms with Crippen LogP contribution in [0.3, 0.4) is 0 Å². The van der Waals surface area contributed by atoms with Crippen molar-refractivity contribution in [3.8, 4) is 22.6 Å². The van der Waals surface area contributed by atoms with E-state index in [1.54, 1.807) is 6.07 Å². The molecule has 2 aromatic rings. The highest BCUT2D eigenvalue weighted by Crippen LogP contribution is 2.52. The van der Waals surface area contributed by atoms with Crippen molar-refractivity contribution in [2.24, 2.45) is 0 Å². The summed E-state index contributed by atoms with van der Waals surface area (Å²) in [5, 5.41) is 20.2. The van der Waals surface area contributed by atoms with Gasteiger partial charge in [-0.2, -0.15) is 0 Å². The molecule has 1 aliphatic heterocycles. The van der Waals surface area contributed by atoms with Gasteiger partial charge in [0.2, 0.25) is 0 Å². The zero-order valence-corrected chi connectivity index (χ0v) is 12.3. The maximum atomic E-state index is 10.3. The van der Waals surface area contributed by atoms with Crippen LogP contribution in [0.4, 0.5) is 0 Å². The average molecular weight is 281 g/mol. The standard InChI is InChI=1S/C18H19NO2/c1-18-10-12-6-7-14(20)17(21)15(12)13-5-3-4-11(16(13)18)8-9-19(18)2/h3-7,20-21H,8-10H2,1-2H3. The van der Waals surface area contributed by atoms with Gasteiger partial charge < -0.3 is 10.2 Å². The number of benzene rings is 2. The van der Waals surface area contributed by atoms with Crippen LogP contribution in [-0.2, 0) is 18.4 Å². The minimum Gasteiger partial charge on any atom is -0.504 e. The molecule has 0 fully saturated rings. The Morgan fingerprint density at radius 1 is 1.10 bits per heavy atom. The molecule has 0 saturated heterocycles. The zero-order chi connectivity index (χ0) is 14.8. The number of rotatable bonds is 0. The predicted octanol–water partition coefficient (Wildman–Crippen LogP) is 3.02. The van der Waals surface area contributed by atoms with Gasteiger partial charge in [0, 0.05) is 17.6 Å². The van der Waals surface area contributed by atoms with Gasteiger partial charge in [0.15, 0.2) is 11.5 Å². The highest BCUT2D eigenvalue weighted by molar-refractivity contribution is 5.83. The van der Waals surface area contributed by atoms with Crippen molar-refractivity contribution < 1.29 is 10.2 Å². The number of phenolic OH excluding ortho intramolecular Hbond substituents is 2. The molecule has 1 unspecified atom stereocenters. The third-order valence-electron chi connectivity index (χ3n) is 5.30. The van der Waals surface area contributed by atoms with Crippen LogP contribution in [0.2, 0.25) is 0 Å². The fourth-order valence-corrected chi connectivity index (χ4v) is 4.04. The van der Waals surface area contributed by atoms with Crippen LogP contribution in [0, 0.1) is 0 Å². The Morgan fingerprint density at radius 3 is 2.71 bits per heavy atom. The molecule has 2 aromatic carbocycles. The molecule has 0 spiro atoms. The smallest absolute Gasteiger partial charge is 0.165 e. The summed E-state index contributed by atoms with van der Waals surface area (Å²) in [5.74, 6) is -0.0321. The first-order chi connectivity index (χ1) is 10.0. The maximum absolute atomic E-state index is 10.3. The molecule has 0 bridgehead atoms. The molecule has 21 heavy (non-hydrogen) atoms. The summed E-state index contributed by atoms with van der Waals surface area (Å²) in [6, 6.07) is 9.84. The molecule has 2 N–H and O–H groups in total. The fraction of sp³-hybridized carbons (Fsp3) is 0.333. The van der Waals surface area contributed by atoms with Gasteiger partial charge in [0.1, 0.15) is 0 Å². The van der Waals surface area contributed by atoms with E-state index >= 15 is 0 Å². The molecule has 0 amide bonds. The monoisotopic (exact) mass is 281 g/mol. The van der Waals surface area contributed by atoms with E-state index < -0.39 is 0 Å². The number of aromatic hydroxyl groups is 2. The third-order valence-corrected chi connectivity index (χ3v) is 5.30. The topological polar surface area (TPSA) is 43.7 Å². The minimum atomic E-state index is -0.0425. The molecule has 0 radical (unpaired) electrons. The highest BCUT2D eigenvalue weighted by atomic mass is 16.3. The summed E-state index contributed by atoms with van der Waals surface area (Å²) in [6.07, 6.45) is 1.89. The largest absolute Gasteiger partial charge is 0.504 e. The van der Waals surface area contributed by atoms with E-state index in [1.807, 2.05) is 6.07 Å². The average Bonchev–Trinajstić information content (AvgIpc) is 2.47. The Morgan fingerprint density at radius 2 is 1.90 bits per heavy atom. The molecular formula is C18H19NO2. The van der Waals surface area contributed by atoms with E-state index in [-0.39, 0.29) is 17.0 Å². The van der Waals surface area contributed by atoms with Crippen molar-refractivity contribution >= 4 is 0 Å². The molecule has 1 aliphatic carbocycles. The van der Waals surface area contributed by atoms with E-state index in [1.165, 1.54) is 11.1 Å². The normalized spacial score (nSPS) is 23.5. The van der Waals surface area contributed by atoms with Crippen LogP contribution < -0.4 is 0 Å². The summed E-state index contributed by atoms with van der Waals surface area (Å²) in [5.41, 5.74) is 5.61. The van der Waals surface area contributed by atoms with Gasteiger partial charge in [-0.3, -0.25) is 4.90 Å². The lowest BCUT2D eigenvalue weighted by atomic mass is 9.69. The van der Waals surface area contributed by atoms with Gasteiger partial charge >= 0.3 is 0 Å². The second-order valence-corrected chi connectivity index (χ2v) is 6.43. The van der Waals surface area contributed by atoms with Crippen LogP contribution in [0.25, 0.3) is 11.1 Å². The first-order valence-corrected chi connectivity index (χ1v) is 7.40. The van der Waals surface area contributed by atoms with Crippen molar-refractivity contribution in [2.45, 2.75) is 25.3 Å². The lowest BCUT2D eigenvalue weighted by molar-refractivity contribution is 0.122. The first kappa shape index (κ1) is 12.7. The summed E-state index contributed by atoms with van der Waals surface area (Å²) in [6.45, 7) is 3.33. The van der Waals surface area contributed by atoms with Crippen molar-refractivity contribution in [2.75, 3.05) is 13.6 Å². The molecule has 1 atom stereocenters. The van der Waals surface area contributed by atoms with Crippen LogP contribution in [0.1, 0.15) is 23.6 Å². The van der Waals surface area contributed by atoms with E-state index in [0.717, 1.165) is 36.1 Å². The fourth-order valence-electron chi connectivity index (χ4n) is 4.04. The molecular weight excluding hydrogens is 262 g/mol. The summed E-state index contributed by atoms with van der Waals surface area (Å²) < 4.78 is 0. The molecule has 2 aliphatic rings. The van der Waals surface area contributed by atoms with Crippen molar-refractivity contribution in [3.63, 3.8) is 0 Å². The zero-order valence-electron chi connectivity index (χ0n) is 12.3. The molecule has 3 heteroatoms. The van der Waals surface area contributed by atoms with Crippen molar-refractivity contribution in [1.29, 1.82) is 0 Å². The van der Waals surface area contributed by atoms with E-state index in [2.05, 4.69) is 37.1 Å². The quantitative estimate of drug-likeness (QED) is 0.730.